The van der Waals surface area contributed by atoms with Crippen molar-refractivity contribution in [3.8, 4) is 0 Å². The number of benzene rings is 1. The summed E-state index contributed by atoms with van der Waals surface area (Å²) in [4.78, 5) is 0. The SMILES string of the molecule is Cc1ccc(C(O)C(C)NCCC(C)C)c(C)c1. The Morgan fingerprint density at radius 3 is 2.39 bits per heavy atom. The number of hydrogen-bond acceptors (Lipinski definition) is 2. The van der Waals surface area contributed by atoms with Gasteiger partial charge in [0, 0.05) is 6.04 Å². The summed E-state index contributed by atoms with van der Waals surface area (Å²) >= 11 is 0. The van der Waals surface area contributed by atoms with Gasteiger partial charge in [0.2, 0.25) is 0 Å². The fourth-order valence-electron chi connectivity index (χ4n) is 2.14. The number of nitrogens with one attached hydrogen (secondary N) is 1. The second kappa shape index (κ2) is 6.91. The van der Waals surface area contributed by atoms with E-state index in [1.165, 1.54) is 11.1 Å². The Labute approximate surface area is 111 Å². The van der Waals surface area contributed by atoms with E-state index in [0.717, 1.165) is 18.5 Å². The van der Waals surface area contributed by atoms with Crippen molar-refractivity contribution in [1.29, 1.82) is 0 Å². The highest BCUT2D eigenvalue weighted by Gasteiger charge is 2.17. The molecule has 0 spiro atoms. The summed E-state index contributed by atoms with van der Waals surface area (Å²) in [6.07, 6.45) is 0.710. The van der Waals surface area contributed by atoms with Gasteiger partial charge < -0.3 is 10.4 Å². The molecule has 0 aliphatic rings. The first kappa shape index (κ1) is 15.2. The fraction of sp³-hybridized carbons (Fsp3) is 0.625. The van der Waals surface area contributed by atoms with Crippen molar-refractivity contribution in [2.24, 2.45) is 5.92 Å². The number of rotatable bonds is 6. The van der Waals surface area contributed by atoms with Crippen LogP contribution in [0.5, 0.6) is 0 Å². The summed E-state index contributed by atoms with van der Waals surface area (Å²) in [5.74, 6) is 0.697. The lowest BCUT2D eigenvalue weighted by molar-refractivity contribution is 0.135. The first-order valence-corrected chi connectivity index (χ1v) is 6.90. The maximum Gasteiger partial charge on any atom is 0.0942 e. The van der Waals surface area contributed by atoms with Crippen molar-refractivity contribution in [2.45, 2.75) is 53.2 Å². The summed E-state index contributed by atoms with van der Waals surface area (Å²) < 4.78 is 0. The second-order valence-corrected chi connectivity index (χ2v) is 5.73. The normalized spacial score (nSPS) is 14.8. The number of aliphatic hydroxyl groups is 1. The first-order valence-electron chi connectivity index (χ1n) is 6.90. The predicted octanol–water partition coefficient (Wildman–Crippen LogP) is 3.36. The van der Waals surface area contributed by atoms with E-state index in [-0.39, 0.29) is 6.04 Å². The zero-order chi connectivity index (χ0) is 13.7. The molecular formula is C16H27NO. The molecule has 0 aromatic heterocycles. The highest BCUT2D eigenvalue weighted by atomic mass is 16.3. The van der Waals surface area contributed by atoms with Gasteiger partial charge in [-0.1, -0.05) is 37.6 Å². The molecule has 0 radical (unpaired) electrons. The Morgan fingerprint density at radius 1 is 1.17 bits per heavy atom. The van der Waals surface area contributed by atoms with Crippen molar-refractivity contribution in [2.75, 3.05) is 6.54 Å². The average molecular weight is 249 g/mol. The van der Waals surface area contributed by atoms with Crippen LogP contribution in [0.2, 0.25) is 0 Å². The van der Waals surface area contributed by atoms with Gasteiger partial charge in [0.25, 0.3) is 0 Å². The maximum atomic E-state index is 10.4. The van der Waals surface area contributed by atoms with E-state index in [2.05, 4.69) is 45.1 Å². The number of hydrogen-bond donors (Lipinski definition) is 2. The monoisotopic (exact) mass is 249 g/mol. The third-order valence-corrected chi connectivity index (χ3v) is 3.41. The molecule has 2 heteroatoms. The van der Waals surface area contributed by atoms with E-state index in [4.69, 9.17) is 0 Å². The molecule has 2 N–H and O–H groups in total. The van der Waals surface area contributed by atoms with Gasteiger partial charge in [0.1, 0.15) is 0 Å². The van der Waals surface area contributed by atoms with Crippen LogP contribution in [-0.2, 0) is 0 Å². The molecule has 2 nitrogen and oxygen atoms in total. The van der Waals surface area contributed by atoms with Gasteiger partial charge in [0.15, 0.2) is 0 Å². The van der Waals surface area contributed by atoms with E-state index < -0.39 is 6.10 Å². The smallest absolute Gasteiger partial charge is 0.0942 e. The summed E-state index contributed by atoms with van der Waals surface area (Å²) in [7, 11) is 0. The molecule has 2 atom stereocenters. The second-order valence-electron chi connectivity index (χ2n) is 5.73. The number of aryl methyl sites for hydroxylation is 2. The lowest BCUT2D eigenvalue weighted by Gasteiger charge is -2.23. The van der Waals surface area contributed by atoms with Crippen molar-refractivity contribution < 1.29 is 5.11 Å². The van der Waals surface area contributed by atoms with Crippen LogP contribution in [0.1, 0.15) is 50.0 Å². The molecule has 0 aliphatic heterocycles. The molecule has 1 aromatic carbocycles. The highest BCUT2D eigenvalue weighted by Crippen LogP contribution is 2.21. The van der Waals surface area contributed by atoms with Crippen LogP contribution in [0.4, 0.5) is 0 Å². The predicted molar refractivity (Wildman–Crippen MR) is 77.8 cm³/mol. The molecule has 0 saturated heterocycles. The molecule has 0 amide bonds. The lowest BCUT2D eigenvalue weighted by Crippen LogP contribution is -2.33. The van der Waals surface area contributed by atoms with Crippen LogP contribution in [0.3, 0.4) is 0 Å². The summed E-state index contributed by atoms with van der Waals surface area (Å²) in [5.41, 5.74) is 3.44. The largest absolute Gasteiger partial charge is 0.387 e. The van der Waals surface area contributed by atoms with Gasteiger partial charge >= 0.3 is 0 Å². The van der Waals surface area contributed by atoms with E-state index >= 15 is 0 Å². The van der Waals surface area contributed by atoms with Crippen LogP contribution >= 0.6 is 0 Å². The summed E-state index contributed by atoms with van der Waals surface area (Å²) in [6, 6.07) is 6.31. The Bertz CT molecular complexity index is 373. The molecule has 1 rings (SSSR count). The van der Waals surface area contributed by atoms with Gasteiger partial charge in [-0.05, 0) is 50.8 Å². The molecule has 0 bridgehead atoms. The third-order valence-electron chi connectivity index (χ3n) is 3.41. The Hall–Kier alpha value is -0.860. The number of aliphatic hydroxyl groups excluding tert-OH is 1. The molecule has 1 aromatic rings. The minimum Gasteiger partial charge on any atom is -0.387 e. The molecule has 0 aliphatic carbocycles. The lowest BCUT2D eigenvalue weighted by atomic mass is 9.97. The minimum absolute atomic E-state index is 0.0881. The average Bonchev–Trinajstić information content (AvgIpc) is 2.27. The Morgan fingerprint density at radius 2 is 1.83 bits per heavy atom. The van der Waals surface area contributed by atoms with E-state index in [0.29, 0.717) is 5.92 Å². The molecule has 102 valence electrons. The van der Waals surface area contributed by atoms with E-state index in [1.54, 1.807) is 0 Å². The third kappa shape index (κ3) is 4.43. The molecule has 0 heterocycles. The quantitative estimate of drug-likeness (QED) is 0.810. The zero-order valence-corrected chi connectivity index (χ0v) is 12.3. The Balaban J connectivity index is 2.59. The highest BCUT2D eigenvalue weighted by molar-refractivity contribution is 5.32. The molecule has 0 saturated carbocycles. The van der Waals surface area contributed by atoms with E-state index in [1.807, 2.05) is 13.0 Å². The van der Waals surface area contributed by atoms with Gasteiger partial charge in [0.05, 0.1) is 6.10 Å². The molecular weight excluding hydrogens is 222 g/mol. The van der Waals surface area contributed by atoms with Crippen LogP contribution in [0.25, 0.3) is 0 Å². The zero-order valence-electron chi connectivity index (χ0n) is 12.3. The minimum atomic E-state index is -0.433. The first-order chi connectivity index (χ1) is 8.41. The van der Waals surface area contributed by atoms with Crippen molar-refractivity contribution in [3.63, 3.8) is 0 Å². The van der Waals surface area contributed by atoms with Crippen molar-refractivity contribution in [1.82, 2.24) is 5.32 Å². The maximum absolute atomic E-state index is 10.4. The molecule has 18 heavy (non-hydrogen) atoms. The fourth-order valence-corrected chi connectivity index (χ4v) is 2.14. The molecule has 0 fully saturated rings. The standard InChI is InChI=1S/C16H27NO/c1-11(2)8-9-17-14(5)16(18)15-7-6-12(3)10-13(15)4/h6-7,10-11,14,16-18H,8-9H2,1-5H3. The van der Waals surface area contributed by atoms with Crippen LogP contribution in [0, 0.1) is 19.8 Å². The van der Waals surface area contributed by atoms with Crippen LogP contribution in [0.15, 0.2) is 18.2 Å². The topological polar surface area (TPSA) is 32.3 Å². The molecule has 2 unspecified atom stereocenters. The van der Waals surface area contributed by atoms with Gasteiger partial charge in [-0.15, -0.1) is 0 Å². The Kier molecular flexibility index (Phi) is 5.83. The van der Waals surface area contributed by atoms with Gasteiger partial charge in [-0.2, -0.15) is 0 Å². The van der Waals surface area contributed by atoms with Crippen molar-refractivity contribution in [3.05, 3.63) is 34.9 Å². The van der Waals surface area contributed by atoms with Crippen LogP contribution in [-0.4, -0.2) is 17.7 Å². The van der Waals surface area contributed by atoms with E-state index in [9.17, 15) is 5.11 Å². The van der Waals surface area contributed by atoms with Gasteiger partial charge in [-0.25, -0.2) is 0 Å². The summed E-state index contributed by atoms with van der Waals surface area (Å²) in [6.45, 7) is 11.6. The van der Waals surface area contributed by atoms with Crippen molar-refractivity contribution >= 4 is 0 Å². The summed E-state index contributed by atoms with van der Waals surface area (Å²) in [5, 5.41) is 13.8. The van der Waals surface area contributed by atoms with Crippen LogP contribution < -0.4 is 5.32 Å². The van der Waals surface area contributed by atoms with Gasteiger partial charge in [-0.3, -0.25) is 0 Å².